The summed E-state index contributed by atoms with van der Waals surface area (Å²) in [5.41, 5.74) is 0.962. The van der Waals surface area contributed by atoms with Crippen LogP contribution in [0, 0.1) is 0 Å². The van der Waals surface area contributed by atoms with Gasteiger partial charge in [0.15, 0.2) is 0 Å². The Kier molecular flexibility index (Phi) is 4.21. The molecule has 1 heterocycles. The molecule has 1 aromatic heterocycles. The number of carboxylic acids is 1. The van der Waals surface area contributed by atoms with E-state index in [0.29, 0.717) is 11.1 Å². The number of hydrogen-bond donors (Lipinski definition) is 1. The van der Waals surface area contributed by atoms with Crippen LogP contribution in [0.5, 0.6) is 5.75 Å². The molecular weight excluding hydrogens is 282 g/mol. The van der Waals surface area contributed by atoms with Gasteiger partial charge < -0.3 is 9.84 Å². The lowest BCUT2D eigenvalue weighted by atomic mass is 10.1. The average Bonchev–Trinajstić information content (AvgIpc) is 2.87. The Hall–Kier alpha value is -2.44. The minimum atomic E-state index is -3.01. The SMILES string of the molecule is CC(C)n1cc(-c2cc(OC(F)F)cc(C(=O)O)c2)cn1. The van der Waals surface area contributed by atoms with E-state index in [4.69, 9.17) is 5.11 Å². The van der Waals surface area contributed by atoms with Gasteiger partial charge in [-0.15, -0.1) is 0 Å². The zero-order valence-corrected chi connectivity index (χ0v) is 11.5. The highest BCUT2D eigenvalue weighted by molar-refractivity contribution is 5.90. The maximum absolute atomic E-state index is 12.3. The van der Waals surface area contributed by atoms with Gasteiger partial charge >= 0.3 is 12.6 Å². The van der Waals surface area contributed by atoms with Crippen LogP contribution in [0.3, 0.4) is 0 Å². The summed E-state index contributed by atoms with van der Waals surface area (Å²) in [4.78, 5) is 11.1. The van der Waals surface area contributed by atoms with Gasteiger partial charge in [-0.2, -0.15) is 13.9 Å². The molecule has 0 aliphatic carbocycles. The van der Waals surface area contributed by atoms with Crippen molar-refractivity contribution in [2.75, 3.05) is 0 Å². The molecule has 0 fully saturated rings. The smallest absolute Gasteiger partial charge is 0.387 e. The van der Waals surface area contributed by atoms with E-state index >= 15 is 0 Å². The molecule has 0 spiro atoms. The van der Waals surface area contributed by atoms with E-state index in [1.165, 1.54) is 12.1 Å². The van der Waals surface area contributed by atoms with Gasteiger partial charge in [-0.25, -0.2) is 4.79 Å². The van der Waals surface area contributed by atoms with Crippen LogP contribution < -0.4 is 4.74 Å². The highest BCUT2D eigenvalue weighted by Crippen LogP contribution is 2.27. The van der Waals surface area contributed by atoms with Gasteiger partial charge in [-0.1, -0.05) is 0 Å². The van der Waals surface area contributed by atoms with Crippen LogP contribution >= 0.6 is 0 Å². The van der Waals surface area contributed by atoms with Crippen molar-refractivity contribution < 1.29 is 23.4 Å². The first-order valence-corrected chi connectivity index (χ1v) is 6.24. The van der Waals surface area contributed by atoms with Crippen molar-refractivity contribution in [1.29, 1.82) is 0 Å². The second-order valence-corrected chi connectivity index (χ2v) is 4.73. The molecule has 2 aromatic rings. The van der Waals surface area contributed by atoms with Crippen LogP contribution in [-0.4, -0.2) is 27.5 Å². The van der Waals surface area contributed by atoms with Crippen molar-refractivity contribution in [2.24, 2.45) is 0 Å². The summed E-state index contributed by atoms with van der Waals surface area (Å²) >= 11 is 0. The zero-order valence-electron chi connectivity index (χ0n) is 11.5. The fraction of sp³-hybridized carbons (Fsp3) is 0.286. The maximum Gasteiger partial charge on any atom is 0.387 e. The molecule has 2 rings (SSSR count). The number of aromatic carboxylic acids is 1. The minimum absolute atomic E-state index is 0.125. The molecule has 0 aliphatic rings. The monoisotopic (exact) mass is 296 g/mol. The molecular formula is C14H14F2N2O3. The number of carbonyl (C=O) groups is 1. The molecule has 0 unspecified atom stereocenters. The Balaban J connectivity index is 2.45. The van der Waals surface area contributed by atoms with Gasteiger partial charge in [0, 0.05) is 17.8 Å². The first-order valence-electron chi connectivity index (χ1n) is 6.24. The second-order valence-electron chi connectivity index (χ2n) is 4.73. The van der Waals surface area contributed by atoms with E-state index in [1.54, 1.807) is 17.1 Å². The molecule has 0 bridgehead atoms. The van der Waals surface area contributed by atoms with E-state index in [2.05, 4.69) is 9.84 Å². The fourth-order valence-corrected chi connectivity index (χ4v) is 1.83. The van der Waals surface area contributed by atoms with Crippen molar-refractivity contribution in [3.05, 3.63) is 36.2 Å². The van der Waals surface area contributed by atoms with E-state index < -0.39 is 12.6 Å². The number of alkyl halides is 2. The first-order chi connectivity index (χ1) is 9.86. The molecule has 0 radical (unpaired) electrons. The Morgan fingerprint density at radius 2 is 2.00 bits per heavy atom. The molecule has 112 valence electrons. The second kappa shape index (κ2) is 5.90. The van der Waals surface area contributed by atoms with Gasteiger partial charge in [0.2, 0.25) is 0 Å². The topological polar surface area (TPSA) is 64.3 Å². The lowest BCUT2D eigenvalue weighted by Gasteiger charge is -2.08. The Labute approximate surface area is 119 Å². The summed E-state index contributed by atoms with van der Waals surface area (Å²) in [7, 11) is 0. The van der Waals surface area contributed by atoms with Crippen LogP contribution in [-0.2, 0) is 0 Å². The van der Waals surface area contributed by atoms with Gasteiger partial charge in [0.05, 0.1) is 11.8 Å². The predicted octanol–water partition coefficient (Wildman–Crippen LogP) is 3.43. The molecule has 1 aromatic carbocycles. The third kappa shape index (κ3) is 3.56. The van der Waals surface area contributed by atoms with Crippen molar-refractivity contribution in [3.63, 3.8) is 0 Å². The summed E-state index contributed by atoms with van der Waals surface area (Å²) in [6.07, 6.45) is 3.27. The van der Waals surface area contributed by atoms with Gasteiger partial charge in [0.25, 0.3) is 0 Å². The van der Waals surface area contributed by atoms with Crippen LogP contribution in [0.1, 0.15) is 30.2 Å². The number of aromatic nitrogens is 2. The molecule has 1 N–H and O–H groups in total. The summed E-state index contributed by atoms with van der Waals surface area (Å²) in [5.74, 6) is -1.41. The van der Waals surface area contributed by atoms with Gasteiger partial charge in [-0.3, -0.25) is 4.68 Å². The number of rotatable bonds is 5. The zero-order chi connectivity index (χ0) is 15.6. The lowest BCUT2D eigenvalue weighted by molar-refractivity contribution is -0.0498. The largest absolute Gasteiger partial charge is 0.478 e. The predicted molar refractivity (Wildman–Crippen MR) is 71.6 cm³/mol. The van der Waals surface area contributed by atoms with Crippen molar-refractivity contribution >= 4 is 5.97 Å². The Bertz CT molecular complexity index is 653. The first kappa shape index (κ1) is 15.0. The normalized spacial score (nSPS) is 11.1. The number of carboxylic acid groups (broad SMARTS) is 1. The molecule has 0 aliphatic heterocycles. The molecule has 21 heavy (non-hydrogen) atoms. The van der Waals surface area contributed by atoms with E-state index in [9.17, 15) is 13.6 Å². The summed E-state index contributed by atoms with van der Waals surface area (Å²) in [5, 5.41) is 13.2. The van der Waals surface area contributed by atoms with Gasteiger partial charge in [0.1, 0.15) is 5.75 Å². The maximum atomic E-state index is 12.3. The standard InChI is InChI=1S/C14H14F2N2O3/c1-8(2)18-7-11(6-17-18)9-3-10(13(19)20)5-12(4-9)21-14(15)16/h3-8,14H,1-2H3,(H,19,20). The highest BCUT2D eigenvalue weighted by atomic mass is 19.3. The number of nitrogens with zero attached hydrogens (tertiary/aromatic N) is 2. The van der Waals surface area contributed by atoms with Crippen molar-refractivity contribution in [2.45, 2.75) is 26.5 Å². The van der Waals surface area contributed by atoms with E-state index in [-0.39, 0.29) is 17.4 Å². The Morgan fingerprint density at radius 1 is 1.29 bits per heavy atom. The van der Waals surface area contributed by atoms with E-state index in [0.717, 1.165) is 6.07 Å². The molecule has 0 saturated heterocycles. The van der Waals surface area contributed by atoms with Gasteiger partial charge in [-0.05, 0) is 37.6 Å². The summed E-state index contributed by atoms with van der Waals surface area (Å²) < 4.78 is 30.6. The molecule has 7 heteroatoms. The number of halogens is 2. The van der Waals surface area contributed by atoms with E-state index in [1.807, 2.05) is 13.8 Å². The average molecular weight is 296 g/mol. The number of hydrogen-bond acceptors (Lipinski definition) is 3. The van der Waals surface area contributed by atoms with Crippen LogP contribution in [0.2, 0.25) is 0 Å². The molecule has 0 saturated carbocycles. The third-order valence-corrected chi connectivity index (χ3v) is 2.84. The Morgan fingerprint density at radius 3 is 2.52 bits per heavy atom. The number of benzene rings is 1. The van der Waals surface area contributed by atoms with Crippen LogP contribution in [0.4, 0.5) is 8.78 Å². The quantitative estimate of drug-likeness (QED) is 0.918. The van der Waals surface area contributed by atoms with Crippen molar-refractivity contribution in [1.82, 2.24) is 9.78 Å². The van der Waals surface area contributed by atoms with Crippen LogP contribution in [0.15, 0.2) is 30.6 Å². The minimum Gasteiger partial charge on any atom is -0.478 e. The lowest BCUT2D eigenvalue weighted by Crippen LogP contribution is -2.04. The van der Waals surface area contributed by atoms with Crippen molar-refractivity contribution in [3.8, 4) is 16.9 Å². The molecule has 5 nitrogen and oxygen atoms in total. The molecule has 0 amide bonds. The highest BCUT2D eigenvalue weighted by Gasteiger charge is 2.13. The fourth-order valence-electron chi connectivity index (χ4n) is 1.83. The van der Waals surface area contributed by atoms with Crippen LogP contribution in [0.25, 0.3) is 11.1 Å². The summed E-state index contributed by atoms with van der Waals surface area (Å²) in [6.45, 7) is 0.867. The molecule has 0 atom stereocenters. The third-order valence-electron chi connectivity index (χ3n) is 2.84. The summed E-state index contributed by atoms with van der Waals surface area (Å²) in [6, 6.07) is 3.95. The number of ether oxygens (including phenoxy) is 1.